The molecule has 0 spiro atoms. The summed E-state index contributed by atoms with van der Waals surface area (Å²) < 4.78 is 2.61. The van der Waals surface area contributed by atoms with Crippen LogP contribution in [0, 0.1) is 0 Å². The van der Waals surface area contributed by atoms with Crippen molar-refractivity contribution in [2.24, 2.45) is 7.05 Å². The molecule has 1 aromatic carbocycles. The topological polar surface area (TPSA) is 119 Å². The predicted octanol–water partition coefficient (Wildman–Crippen LogP) is 3.11. The summed E-state index contributed by atoms with van der Waals surface area (Å²) in [7, 11) is 1.78. The number of carbonyl (C=O) groups is 2. The molecule has 0 radical (unpaired) electrons. The molecule has 0 aliphatic heterocycles. The normalized spacial score (nSPS) is 10.9. The van der Waals surface area contributed by atoms with E-state index in [1.807, 2.05) is 0 Å². The van der Waals surface area contributed by atoms with Gasteiger partial charge < -0.3 is 10.4 Å². The van der Waals surface area contributed by atoms with Crippen LogP contribution < -0.4 is 10.9 Å². The molecule has 4 aromatic rings. The van der Waals surface area contributed by atoms with Crippen LogP contribution in [0.15, 0.2) is 60.3 Å². The van der Waals surface area contributed by atoms with Crippen LogP contribution in [-0.2, 0) is 24.9 Å². The lowest BCUT2D eigenvalue weighted by Gasteiger charge is -2.14. The number of nitrogens with one attached hydrogen (secondary N) is 1. The Labute approximate surface area is 198 Å². The summed E-state index contributed by atoms with van der Waals surface area (Å²) >= 11 is 5.89. The Morgan fingerprint density at radius 1 is 1.24 bits per heavy atom. The lowest BCUT2D eigenvalue weighted by molar-refractivity contribution is -0.137. The Kier molecular flexibility index (Phi) is 6.29. The van der Waals surface area contributed by atoms with E-state index in [0.29, 0.717) is 21.5 Å². The zero-order valence-electron chi connectivity index (χ0n) is 18.2. The zero-order chi connectivity index (χ0) is 24.4. The quantitative estimate of drug-likeness (QED) is 0.422. The van der Waals surface area contributed by atoms with Gasteiger partial charge in [0.1, 0.15) is 17.8 Å². The fraction of sp³-hybridized carbons (Fsp3) is 0.125. The molecule has 0 bridgehead atoms. The Morgan fingerprint density at radius 3 is 2.59 bits per heavy atom. The van der Waals surface area contributed by atoms with E-state index in [9.17, 15) is 19.5 Å². The highest BCUT2D eigenvalue weighted by atomic mass is 35.5. The van der Waals surface area contributed by atoms with E-state index in [2.05, 4.69) is 22.0 Å². The second-order valence-corrected chi connectivity index (χ2v) is 8.02. The van der Waals surface area contributed by atoms with Gasteiger partial charge in [0, 0.05) is 47.5 Å². The first-order valence-electron chi connectivity index (χ1n) is 10.2. The van der Waals surface area contributed by atoms with Crippen molar-refractivity contribution in [3.05, 3.63) is 87.6 Å². The highest BCUT2D eigenvalue weighted by Gasteiger charge is 2.21. The summed E-state index contributed by atoms with van der Waals surface area (Å²) in [6.07, 6.45) is 6.57. The zero-order valence-corrected chi connectivity index (χ0v) is 18.9. The fourth-order valence-electron chi connectivity index (χ4n) is 3.67. The van der Waals surface area contributed by atoms with Crippen molar-refractivity contribution >= 4 is 40.6 Å². The number of amides is 1. The van der Waals surface area contributed by atoms with Crippen LogP contribution >= 0.6 is 11.6 Å². The molecule has 0 atom stereocenters. The fourth-order valence-corrected chi connectivity index (χ4v) is 3.80. The Bertz CT molecular complexity index is 1490. The Balaban J connectivity index is 1.85. The van der Waals surface area contributed by atoms with Crippen LogP contribution in [0.5, 0.6) is 0 Å². The molecule has 9 nitrogen and oxygen atoms in total. The number of fused-ring (bicyclic) bond motifs is 1. The summed E-state index contributed by atoms with van der Waals surface area (Å²) in [5.41, 5.74) is 2.03. The van der Waals surface area contributed by atoms with Gasteiger partial charge in [-0.05, 0) is 29.3 Å². The lowest BCUT2D eigenvalue weighted by Crippen LogP contribution is -2.34. The first-order chi connectivity index (χ1) is 16.3. The first kappa shape index (κ1) is 22.9. The number of carboxylic acid groups (broad SMARTS) is 1. The van der Waals surface area contributed by atoms with Gasteiger partial charge in [0.05, 0.1) is 6.20 Å². The van der Waals surface area contributed by atoms with Crippen LogP contribution in [0.4, 0.5) is 0 Å². The van der Waals surface area contributed by atoms with E-state index in [-0.39, 0.29) is 17.8 Å². The van der Waals surface area contributed by atoms with Gasteiger partial charge in [0.25, 0.3) is 11.5 Å². The van der Waals surface area contributed by atoms with Crippen molar-refractivity contribution < 1.29 is 14.7 Å². The van der Waals surface area contributed by atoms with E-state index in [0.717, 1.165) is 15.7 Å². The molecule has 10 heteroatoms. The van der Waals surface area contributed by atoms with E-state index in [1.54, 1.807) is 54.5 Å². The average Bonchev–Trinajstić information content (AvgIpc) is 3.25. The minimum absolute atomic E-state index is 0.143. The number of aryl methyl sites for hydroxylation is 1. The van der Waals surface area contributed by atoms with Crippen molar-refractivity contribution in [2.45, 2.75) is 13.1 Å². The van der Waals surface area contributed by atoms with Crippen LogP contribution in [0.3, 0.4) is 0 Å². The third-order valence-corrected chi connectivity index (χ3v) is 5.53. The van der Waals surface area contributed by atoms with Crippen LogP contribution in [0.2, 0.25) is 5.02 Å². The minimum atomic E-state index is -1.24. The van der Waals surface area contributed by atoms with Crippen molar-refractivity contribution in [1.29, 1.82) is 0 Å². The van der Waals surface area contributed by atoms with Crippen molar-refractivity contribution in [3.63, 3.8) is 0 Å². The highest BCUT2D eigenvalue weighted by Crippen LogP contribution is 2.29. The van der Waals surface area contributed by atoms with E-state index in [4.69, 9.17) is 11.6 Å². The summed E-state index contributed by atoms with van der Waals surface area (Å²) in [4.78, 5) is 42.0. The van der Waals surface area contributed by atoms with Crippen LogP contribution in [0.25, 0.3) is 28.2 Å². The number of benzene rings is 1. The van der Waals surface area contributed by atoms with Gasteiger partial charge in [-0.2, -0.15) is 5.10 Å². The molecule has 0 aliphatic carbocycles. The molecule has 0 fully saturated rings. The summed E-state index contributed by atoms with van der Waals surface area (Å²) in [6, 6.07) is 8.33. The number of pyridine rings is 2. The molecule has 3 aromatic heterocycles. The maximum atomic E-state index is 13.1. The van der Waals surface area contributed by atoms with Gasteiger partial charge >= 0.3 is 5.97 Å². The number of aliphatic carboxylic acids is 1. The summed E-state index contributed by atoms with van der Waals surface area (Å²) in [6.45, 7) is 3.39. The molecule has 34 heavy (non-hydrogen) atoms. The molecule has 4 rings (SSSR count). The number of halogens is 1. The number of hydrogen-bond acceptors (Lipinski definition) is 5. The maximum absolute atomic E-state index is 13.1. The Hall–Kier alpha value is -4.24. The third-order valence-electron chi connectivity index (χ3n) is 5.28. The number of hydrogen-bond donors (Lipinski definition) is 2. The molecule has 0 aliphatic rings. The molecule has 2 N–H and O–H groups in total. The Morgan fingerprint density at radius 2 is 1.97 bits per heavy atom. The average molecular weight is 478 g/mol. The smallest absolute Gasteiger partial charge is 0.323 e. The van der Waals surface area contributed by atoms with Crippen molar-refractivity contribution in [1.82, 2.24) is 24.6 Å². The summed E-state index contributed by atoms with van der Waals surface area (Å²) in [5.74, 6) is -1.87. The molecule has 0 saturated heterocycles. The van der Waals surface area contributed by atoms with E-state index >= 15 is 0 Å². The second-order valence-electron chi connectivity index (χ2n) is 7.58. The predicted molar refractivity (Wildman–Crippen MR) is 129 cm³/mol. The molecule has 0 saturated carbocycles. The van der Waals surface area contributed by atoms with Crippen LogP contribution in [-0.4, -0.2) is 36.3 Å². The van der Waals surface area contributed by atoms with Gasteiger partial charge in [-0.3, -0.25) is 23.6 Å². The molecule has 3 heterocycles. The van der Waals surface area contributed by atoms with E-state index < -0.39 is 24.0 Å². The van der Waals surface area contributed by atoms with Gasteiger partial charge in [-0.1, -0.05) is 36.4 Å². The standard InChI is InChI=1S/C24H20ClN5O4/c1-3-17-18-8-19(23(33)27-9-14-4-6-16(25)7-5-14)24(34)30(13-21(31)32)22(18)26-11-20(17)15-10-28-29(2)12-15/h3-8,10-12H,1,9,13H2,2H3,(H,27,33)(H,31,32). The second kappa shape index (κ2) is 9.32. The van der Waals surface area contributed by atoms with Crippen molar-refractivity contribution in [2.75, 3.05) is 0 Å². The number of carbonyl (C=O) groups excluding carboxylic acids is 1. The number of rotatable bonds is 7. The number of aromatic nitrogens is 4. The summed E-state index contributed by atoms with van der Waals surface area (Å²) in [5, 5.41) is 17.3. The van der Waals surface area contributed by atoms with Gasteiger partial charge in [-0.25, -0.2) is 4.98 Å². The van der Waals surface area contributed by atoms with Crippen molar-refractivity contribution in [3.8, 4) is 11.1 Å². The van der Waals surface area contributed by atoms with Gasteiger partial charge in [0.2, 0.25) is 0 Å². The minimum Gasteiger partial charge on any atom is -0.480 e. The molecule has 0 unspecified atom stereocenters. The molecular formula is C24H20ClN5O4. The highest BCUT2D eigenvalue weighted by molar-refractivity contribution is 6.30. The maximum Gasteiger partial charge on any atom is 0.323 e. The molecular weight excluding hydrogens is 458 g/mol. The monoisotopic (exact) mass is 477 g/mol. The van der Waals surface area contributed by atoms with Gasteiger partial charge in [0.15, 0.2) is 0 Å². The third kappa shape index (κ3) is 4.46. The van der Waals surface area contributed by atoms with Crippen LogP contribution in [0.1, 0.15) is 21.5 Å². The largest absolute Gasteiger partial charge is 0.480 e. The molecule has 172 valence electrons. The first-order valence-corrected chi connectivity index (χ1v) is 10.6. The molecule has 1 amide bonds. The number of nitrogens with zero attached hydrogens (tertiary/aromatic N) is 4. The van der Waals surface area contributed by atoms with Gasteiger partial charge in [-0.15, -0.1) is 0 Å². The number of carboxylic acids is 1. The van der Waals surface area contributed by atoms with E-state index in [1.165, 1.54) is 12.3 Å². The SMILES string of the molecule is C=Cc1c(-c2cnn(C)c2)cnc2c1cc(C(=O)NCc1ccc(Cl)cc1)c(=O)n2CC(=O)O. The lowest BCUT2D eigenvalue weighted by atomic mass is 10.00.